The van der Waals surface area contributed by atoms with Gasteiger partial charge >= 0.3 is 12.1 Å². The molecule has 4 fully saturated rings. The SMILES string of the molecule is CC[C@@H](C(=O)[C@@H](C)[C@@H](O)[C@H](C)[C@@H]1O[C@@H]([C@@H](CC)C(=O)O)CC[C@@H]1C)[C@H]1O[C@]2(C=C[C@H](NC(=O)OC(C)(C)C)[C@]3(CC[C@@](C)([C@H]4CC[C@](O)(CC)[C@H](C)O4)O3)O2)[C@H](C)C[C@@H]1C. The van der Waals surface area contributed by atoms with Crippen LogP contribution in [0.2, 0.25) is 0 Å². The van der Waals surface area contributed by atoms with Crippen LogP contribution in [-0.2, 0) is 38.0 Å². The highest BCUT2D eigenvalue weighted by molar-refractivity contribution is 5.84. The van der Waals surface area contributed by atoms with Crippen molar-refractivity contribution < 1.29 is 58.1 Å². The second-order valence-electron chi connectivity index (χ2n) is 20.6. The molecule has 0 unspecified atom stereocenters. The Hall–Kier alpha value is -2.13. The van der Waals surface area contributed by atoms with E-state index in [1.54, 1.807) is 27.7 Å². The van der Waals surface area contributed by atoms with Crippen LogP contribution >= 0.6 is 0 Å². The molecule has 2 spiro atoms. The van der Waals surface area contributed by atoms with Crippen LogP contribution in [0, 0.1) is 41.4 Å². The fraction of sp³-hybridized carbons (Fsp3) is 0.894. The number of carbonyl (C=O) groups is 3. The van der Waals surface area contributed by atoms with Gasteiger partial charge in [0, 0.05) is 30.1 Å². The molecule has 5 aliphatic rings. The van der Waals surface area contributed by atoms with Crippen LogP contribution in [0.1, 0.15) is 154 Å². The molecule has 4 N–H and O–H groups in total. The molecule has 60 heavy (non-hydrogen) atoms. The molecule has 0 aliphatic carbocycles. The number of ketones is 1. The van der Waals surface area contributed by atoms with E-state index in [2.05, 4.69) is 26.1 Å². The quantitative estimate of drug-likeness (QED) is 0.133. The molecule has 0 aromatic heterocycles. The molecule has 5 rings (SSSR count). The summed E-state index contributed by atoms with van der Waals surface area (Å²) in [4.78, 5) is 40.0. The average molecular weight is 850 g/mol. The van der Waals surface area contributed by atoms with Crippen molar-refractivity contribution in [3.05, 3.63) is 12.2 Å². The van der Waals surface area contributed by atoms with Gasteiger partial charge in [0.25, 0.3) is 0 Å². The van der Waals surface area contributed by atoms with Crippen LogP contribution in [0.3, 0.4) is 0 Å². The van der Waals surface area contributed by atoms with Crippen molar-refractivity contribution in [2.75, 3.05) is 0 Å². The van der Waals surface area contributed by atoms with Crippen LogP contribution < -0.4 is 5.32 Å². The monoisotopic (exact) mass is 850 g/mol. The first kappa shape index (κ1) is 48.9. The van der Waals surface area contributed by atoms with Crippen molar-refractivity contribution in [2.24, 2.45) is 41.4 Å². The van der Waals surface area contributed by atoms with E-state index in [1.165, 1.54) is 0 Å². The summed E-state index contributed by atoms with van der Waals surface area (Å²) in [5.74, 6) is -6.10. The van der Waals surface area contributed by atoms with E-state index in [4.69, 9.17) is 28.4 Å². The zero-order valence-corrected chi connectivity index (χ0v) is 38.8. The van der Waals surface area contributed by atoms with E-state index in [0.29, 0.717) is 57.8 Å². The number of Topliss-reactive ketones (excluding diaryl/α,β-unsaturated/α-hetero) is 1. The van der Waals surface area contributed by atoms with Crippen LogP contribution in [-0.4, -0.2) is 104 Å². The Morgan fingerprint density at radius 2 is 1.57 bits per heavy atom. The maximum absolute atomic E-state index is 14.6. The molecule has 344 valence electrons. The molecule has 0 bridgehead atoms. The van der Waals surface area contributed by atoms with E-state index < -0.39 is 101 Å². The minimum absolute atomic E-state index is 0.0273. The highest BCUT2D eigenvalue weighted by Gasteiger charge is 2.63. The van der Waals surface area contributed by atoms with Crippen LogP contribution in [0.5, 0.6) is 0 Å². The molecule has 5 heterocycles. The molecular formula is C47H79NO12. The lowest BCUT2D eigenvalue weighted by Gasteiger charge is -2.55. The fourth-order valence-electron chi connectivity index (χ4n) is 11.1. The summed E-state index contributed by atoms with van der Waals surface area (Å²) in [6.45, 7) is 25.0. The summed E-state index contributed by atoms with van der Waals surface area (Å²) in [5, 5.41) is 35.9. The van der Waals surface area contributed by atoms with Crippen molar-refractivity contribution in [3.8, 4) is 0 Å². The summed E-state index contributed by atoms with van der Waals surface area (Å²) >= 11 is 0. The van der Waals surface area contributed by atoms with E-state index >= 15 is 0 Å². The Bertz CT molecular complexity index is 1550. The van der Waals surface area contributed by atoms with Gasteiger partial charge in [0.1, 0.15) is 17.4 Å². The molecule has 4 saturated heterocycles. The Balaban J connectivity index is 1.40. The number of nitrogens with one attached hydrogen (secondary N) is 1. The third-order valence-electron chi connectivity index (χ3n) is 15.2. The first-order valence-corrected chi connectivity index (χ1v) is 23.1. The normalized spacial score (nSPS) is 42.3. The van der Waals surface area contributed by atoms with Crippen molar-refractivity contribution in [3.63, 3.8) is 0 Å². The van der Waals surface area contributed by atoms with E-state index in [1.807, 2.05) is 53.7 Å². The number of amides is 1. The molecule has 1 amide bonds. The smallest absolute Gasteiger partial charge is 0.408 e. The highest BCUT2D eigenvalue weighted by atomic mass is 16.8. The van der Waals surface area contributed by atoms with Crippen molar-refractivity contribution in [1.29, 1.82) is 0 Å². The van der Waals surface area contributed by atoms with Gasteiger partial charge in [-0.25, -0.2) is 4.79 Å². The third-order valence-corrected chi connectivity index (χ3v) is 15.2. The Morgan fingerprint density at radius 1 is 0.900 bits per heavy atom. The van der Waals surface area contributed by atoms with Gasteiger partial charge in [0.15, 0.2) is 11.6 Å². The standard InChI is InChI=1S/C47H79NO12/c1-14-32(41(51)52)34-18-17-26(4)39(56-34)30(8)37(49)29(7)38(50)33(15-2)40-27(5)25-28(6)46(57-40)22-19-35(48-42(53)58-43(10,11)12)47(60-46)24-23-44(13,59-47)36-20-21-45(54,16-3)31(9)55-36/h19,22,26-37,39-40,49,54H,14-18,20-21,23-25H2,1-13H3,(H,48,53)(H,51,52)/t26-,27-,28+,29-,30-,31-,32+,33-,34+,35-,36+,37+,39+,40-,44-,45+,46-,47-/m0/s1. The van der Waals surface area contributed by atoms with E-state index in [9.17, 15) is 29.7 Å². The lowest BCUT2D eigenvalue weighted by atomic mass is 9.72. The third kappa shape index (κ3) is 9.82. The number of alkyl carbamates (subject to hydrolysis) is 1. The van der Waals surface area contributed by atoms with Gasteiger partial charge in [0.05, 0.1) is 53.7 Å². The largest absolute Gasteiger partial charge is 0.481 e. The summed E-state index contributed by atoms with van der Waals surface area (Å²) < 4.78 is 40.1. The highest BCUT2D eigenvalue weighted by Crippen LogP contribution is 2.54. The molecule has 0 saturated carbocycles. The lowest BCUT2D eigenvalue weighted by Crippen LogP contribution is -2.66. The van der Waals surface area contributed by atoms with Gasteiger partial charge in [-0.05, 0) is 110 Å². The predicted octanol–water partition coefficient (Wildman–Crippen LogP) is 7.72. The van der Waals surface area contributed by atoms with Gasteiger partial charge in [-0.15, -0.1) is 0 Å². The molecule has 0 aromatic carbocycles. The summed E-state index contributed by atoms with van der Waals surface area (Å²) in [7, 11) is 0. The topological polar surface area (TPSA) is 179 Å². The summed E-state index contributed by atoms with van der Waals surface area (Å²) in [6.07, 6.45) is 5.73. The first-order chi connectivity index (χ1) is 27.9. The Labute approximate surface area is 359 Å². The molecule has 0 aromatic rings. The predicted molar refractivity (Wildman–Crippen MR) is 226 cm³/mol. The zero-order chi connectivity index (χ0) is 44.7. The number of carboxylic acid groups (broad SMARTS) is 1. The van der Waals surface area contributed by atoms with Crippen molar-refractivity contribution in [1.82, 2.24) is 5.32 Å². The zero-order valence-electron chi connectivity index (χ0n) is 38.8. The van der Waals surface area contributed by atoms with Gasteiger partial charge in [-0.3, -0.25) is 9.59 Å². The van der Waals surface area contributed by atoms with Crippen LogP contribution in [0.4, 0.5) is 4.79 Å². The molecule has 13 nitrogen and oxygen atoms in total. The minimum atomic E-state index is -1.37. The molecule has 0 radical (unpaired) electrons. The average Bonchev–Trinajstić information content (AvgIpc) is 3.52. The number of aliphatic hydroxyl groups excluding tert-OH is 1. The lowest BCUT2D eigenvalue weighted by molar-refractivity contribution is -0.398. The second kappa shape index (κ2) is 18.5. The Morgan fingerprint density at radius 3 is 2.15 bits per heavy atom. The van der Waals surface area contributed by atoms with Crippen molar-refractivity contribution in [2.45, 2.75) is 225 Å². The molecular weight excluding hydrogens is 771 g/mol. The molecule has 13 heteroatoms. The van der Waals surface area contributed by atoms with E-state index in [-0.39, 0.29) is 29.6 Å². The number of hydrogen-bond acceptors (Lipinski definition) is 11. The van der Waals surface area contributed by atoms with Crippen molar-refractivity contribution >= 4 is 17.8 Å². The first-order valence-electron chi connectivity index (χ1n) is 23.1. The summed E-state index contributed by atoms with van der Waals surface area (Å²) in [6, 6.07) is -0.741. The van der Waals surface area contributed by atoms with Crippen LogP contribution in [0.15, 0.2) is 12.2 Å². The van der Waals surface area contributed by atoms with Gasteiger partial charge in [0.2, 0.25) is 0 Å². The molecule has 18 atom stereocenters. The number of carboxylic acids is 1. The fourth-order valence-corrected chi connectivity index (χ4v) is 11.1. The van der Waals surface area contributed by atoms with Gasteiger partial charge in [-0.2, -0.15) is 0 Å². The summed E-state index contributed by atoms with van der Waals surface area (Å²) in [5.41, 5.74) is -2.47. The number of ether oxygens (including phenoxy) is 6. The van der Waals surface area contributed by atoms with Gasteiger partial charge < -0.3 is 49.1 Å². The second-order valence-corrected chi connectivity index (χ2v) is 20.6. The number of carbonyl (C=O) groups excluding carboxylic acids is 2. The molecule has 5 aliphatic heterocycles. The van der Waals surface area contributed by atoms with Gasteiger partial charge in [-0.1, -0.05) is 61.5 Å². The minimum Gasteiger partial charge on any atom is -0.481 e. The Kier molecular flexibility index (Phi) is 15.1. The number of aliphatic hydroxyl groups is 2. The number of hydrogen-bond donors (Lipinski definition) is 4. The maximum Gasteiger partial charge on any atom is 0.408 e. The number of aliphatic carboxylic acids is 1. The maximum atomic E-state index is 14.6. The number of rotatable bonds is 13. The van der Waals surface area contributed by atoms with E-state index in [0.717, 1.165) is 6.42 Å². The van der Waals surface area contributed by atoms with Crippen LogP contribution in [0.25, 0.3) is 0 Å².